The molecular formula is C12H9N3O. The zero-order valence-electron chi connectivity index (χ0n) is 8.71. The average Bonchev–Trinajstić information content (AvgIpc) is 2.82. The van der Waals surface area contributed by atoms with Gasteiger partial charge < -0.3 is 4.52 Å². The van der Waals surface area contributed by atoms with Gasteiger partial charge in [0, 0.05) is 17.0 Å². The van der Waals surface area contributed by atoms with Crippen LogP contribution in [0.3, 0.4) is 0 Å². The molecule has 3 rings (SSSR count). The Morgan fingerprint density at radius 2 is 2.06 bits per heavy atom. The van der Waals surface area contributed by atoms with Crippen LogP contribution in [0.15, 0.2) is 41.2 Å². The minimum absolute atomic E-state index is 0.795. The Bertz CT molecular complexity index is 632. The molecule has 0 amide bonds. The third-order valence-corrected chi connectivity index (χ3v) is 2.59. The van der Waals surface area contributed by atoms with Crippen LogP contribution >= 0.6 is 0 Å². The zero-order chi connectivity index (χ0) is 11.0. The predicted octanol–water partition coefficient (Wildman–Crippen LogP) is 2.59. The molecule has 0 aliphatic carbocycles. The summed E-state index contributed by atoms with van der Waals surface area (Å²) in [4.78, 5) is 0. The first-order valence-electron chi connectivity index (χ1n) is 4.98. The standard InChI is InChI=1S/C12H9N3O/c1-8-2-3-9-4-6-13-14-12(9)11(8)10-5-7-16-15-10/h2-7H,1H3. The first kappa shape index (κ1) is 9.03. The fourth-order valence-electron chi connectivity index (χ4n) is 1.82. The van der Waals surface area contributed by atoms with Crippen molar-refractivity contribution in [3.8, 4) is 11.3 Å². The van der Waals surface area contributed by atoms with Crippen molar-refractivity contribution in [1.29, 1.82) is 0 Å². The number of aryl methyl sites for hydroxylation is 1. The third kappa shape index (κ3) is 1.27. The lowest BCUT2D eigenvalue weighted by Crippen LogP contribution is -1.90. The lowest BCUT2D eigenvalue weighted by Gasteiger charge is -2.05. The highest BCUT2D eigenvalue weighted by Crippen LogP contribution is 2.28. The maximum absolute atomic E-state index is 4.87. The minimum Gasteiger partial charge on any atom is -0.364 e. The summed E-state index contributed by atoms with van der Waals surface area (Å²) < 4.78 is 4.87. The van der Waals surface area contributed by atoms with Gasteiger partial charge in [0.15, 0.2) is 0 Å². The van der Waals surface area contributed by atoms with Crippen LogP contribution in [0.25, 0.3) is 22.2 Å². The number of fused-ring (bicyclic) bond motifs is 1. The van der Waals surface area contributed by atoms with Gasteiger partial charge in [-0.1, -0.05) is 17.3 Å². The fraction of sp³-hybridized carbons (Fsp3) is 0.0833. The van der Waals surface area contributed by atoms with E-state index in [4.69, 9.17) is 4.52 Å². The molecule has 0 saturated heterocycles. The quantitative estimate of drug-likeness (QED) is 0.620. The average molecular weight is 211 g/mol. The monoisotopic (exact) mass is 211 g/mol. The van der Waals surface area contributed by atoms with Crippen molar-refractivity contribution in [3.63, 3.8) is 0 Å². The van der Waals surface area contributed by atoms with Crippen molar-refractivity contribution in [1.82, 2.24) is 15.4 Å². The molecule has 4 heteroatoms. The summed E-state index contributed by atoms with van der Waals surface area (Å²) in [7, 11) is 0. The van der Waals surface area contributed by atoms with E-state index < -0.39 is 0 Å². The normalized spacial score (nSPS) is 10.8. The second-order valence-corrected chi connectivity index (χ2v) is 3.61. The van der Waals surface area contributed by atoms with Gasteiger partial charge in [-0.05, 0) is 18.6 Å². The van der Waals surface area contributed by atoms with E-state index in [2.05, 4.69) is 15.4 Å². The number of hydrogen-bond acceptors (Lipinski definition) is 4. The second-order valence-electron chi connectivity index (χ2n) is 3.61. The lowest BCUT2D eigenvalue weighted by atomic mass is 10.0. The highest BCUT2D eigenvalue weighted by Gasteiger charge is 2.10. The van der Waals surface area contributed by atoms with Crippen LogP contribution in [0.1, 0.15) is 5.56 Å². The summed E-state index contributed by atoms with van der Waals surface area (Å²) in [6, 6.07) is 7.85. The first-order valence-corrected chi connectivity index (χ1v) is 4.98. The fourth-order valence-corrected chi connectivity index (χ4v) is 1.82. The van der Waals surface area contributed by atoms with Gasteiger partial charge in [0.25, 0.3) is 0 Å². The van der Waals surface area contributed by atoms with Gasteiger partial charge in [-0.3, -0.25) is 0 Å². The molecule has 16 heavy (non-hydrogen) atoms. The summed E-state index contributed by atoms with van der Waals surface area (Å²) in [5.74, 6) is 0. The first-order chi connectivity index (χ1) is 7.86. The van der Waals surface area contributed by atoms with Crippen LogP contribution in [0.2, 0.25) is 0 Å². The lowest BCUT2D eigenvalue weighted by molar-refractivity contribution is 0.422. The van der Waals surface area contributed by atoms with E-state index in [9.17, 15) is 0 Å². The van der Waals surface area contributed by atoms with Gasteiger partial charge in [0.1, 0.15) is 17.5 Å². The molecule has 78 valence electrons. The Balaban J connectivity index is 2.42. The zero-order valence-corrected chi connectivity index (χ0v) is 8.71. The highest BCUT2D eigenvalue weighted by molar-refractivity contribution is 5.93. The van der Waals surface area contributed by atoms with Crippen molar-refractivity contribution in [2.45, 2.75) is 6.92 Å². The Labute approximate surface area is 91.9 Å². The van der Waals surface area contributed by atoms with Crippen molar-refractivity contribution < 1.29 is 4.52 Å². The molecule has 3 aromatic rings. The molecule has 0 N–H and O–H groups in total. The molecule has 2 heterocycles. The Morgan fingerprint density at radius 3 is 2.88 bits per heavy atom. The largest absolute Gasteiger partial charge is 0.364 e. The summed E-state index contributed by atoms with van der Waals surface area (Å²) in [5, 5.41) is 13.1. The van der Waals surface area contributed by atoms with Gasteiger partial charge >= 0.3 is 0 Å². The van der Waals surface area contributed by atoms with E-state index >= 15 is 0 Å². The van der Waals surface area contributed by atoms with Gasteiger partial charge in [-0.25, -0.2) is 0 Å². The van der Waals surface area contributed by atoms with Crippen LogP contribution in [0, 0.1) is 6.92 Å². The molecule has 0 atom stereocenters. The number of nitrogens with zero attached hydrogens (tertiary/aromatic N) is 3. The van der Waals surface area contributed by atoms with Crippen molar-refractivity contribution in [3.05, 3.63) is 42.3 Å². The number of rotatable bonds is 1. The Kier molecular flexibility index (Phi) is 1.93. The molecule has 0 spiro atoms. The minimum atomic E-state index is 0.795. The Hall–Kier alpha value is -2.23. The molecule has 0 radical (unpaired) electrons. The van der Waals surface area contributed by atoms with Crippen LogP contribution in [-0.2, 0) is 0 Å². The van der Waals surface area contributed by atoms with Crippen LogP contribution in [0.4, 0.5) is 0 Å². The summed E-state index contributed by atoms with van der Waals surface area (Å²) >= 11 is 0. The van der Waals surface area contributed by atoms with Gasteiger partial charge in [0.2, 0.25) is 0 Å². The third-order valence-electron chi connectivity index (χ3n) is 2.59. The summed E-state index contributed by atoms with van der Waals surface area (Å²) in [5.41, 5.74) is 3.75. The predicted molar refractivity (Wildman–Crippen MR) is 59.8 cm³/mol. The second kappa shape index (κ2) is 3.41. The maximum atomic E-state index is 4.87. The highest BCUT2D eigenvalue weighted by atomic mass is 16.5. The molecule has 0 aliphatic rings. The summed E-state index contributed by atoms with van der Waals surface area (Å²) in [6.45, 7) is 2.03. The molecule has 0 unspecified atom stereocenters. The van der Waals surface area contributed by atoms with Crippen LogP contribution < -0.4 is 0 Å². The number of aromatic nitrogens is 3. The van der Waals surface area contributed by atoms with Gasteiger partial charge in [0.05, 0.1) is 6.20 Å². The van der Waals surface area contributed by atoms with Gasteiger partial charge in [-0.15, -0.1) is 5.10 Å². The van der Waals surface area contributed by atoms with E-state index in [1.54, 1.807) is 12.5 Å². The maximum Gasteiger partial charge on any atom is 0.124 e. The van der Waals surface area contributed by atoms with E-state index in [0.717, 1.165) is 27.7 Å². The van der Waals surface area contributed by atoms with Crippen LogP contribution in [-0.4, -0.2) is 15.4 Å². The Morgan fingerprint density at radius 1 is 1.12 bits per heavy atom. The molecule has 0 saturated carbocycles. The van der Waals surface area contributed by atoms with E-state index in [-0.39, 0.29) is 0 Å². The topological polar surface area (TPSA) is 51.8 Å². The van der Waals surface area contributed by atoms with Gasteiger partial charge in [-0.2, -0.15) is 5.10 Å². The number of hydrogen-bond donors (Lipinski definition) is 0. The molecule has 1 aromatic carbocycles. The smallest absolute Gasteiger partial charge is 0.124 e. The van der Waals surface area contributed by atoms with Crippen molar-refractivity contribution in [2.75, 3.05) is 0 Å². The van der Waals surface area contributed by atoms with E-state index in [1.165, 1.54) is 0 Å². The van der Waals surface area contributed by atoms with Crippen molar-refractivity contribution >= 4 is 10.9 Å². The SMILES string of the molecule is Cc1ccc2ccnnc2c1-c1ccon1. The number of benzene rings is 1. The molecule has 2 aromatic heterocycles. The molecule has 0 aliphatic heterocycles. The summed E-state index contributed by atoms with van der Waals surface area (Å²) in [6.07, 6.45) is 3.24. The van der Waals surface area contributed by atoms with E-state index in [0.29, 0.717) is 0 Å². The molecule has 0 bridgehead atoms. The van der Waals surface area contributed by atoms with Crippen LogP contribution in [0.5, 0.6) is 0 Å². The molecule has 4 nitrogen and oxygen atoms in total. The molecular weight excluding hydrogens is 202 g/mol. The van der Waals surface area contributed by atoms with E-state index in [1.807, 2.05) is 31.2 Å². The molecule has 0 fully saturated rings. The van der Waals surface area contributed by atoms with Crippen molar-refractivity contribution in [2.24, 2.45) is 0 Å².